The van der Waals surface area contributed by atoms with E-state index in [4.69, 9.17) is 9.84 Å². The van der Waals surface area contributed by atoms with Gasteiger partial charge in [-0.05, 0) is 80.8 Å². The highest BCUT2D eigenvalue weighted by molar-refractivity contribution is 5.66. The predicted molar refractivity (Wildman–Crippen MR) is 117 cm³/mol. The summed E-state index contributed by atoms with van der Waals surface area (Å²) < 4.78 is 44.7. The minimum atomic E-state index is -4.38. The van der Waals surface area contributed by atoms with Crippen LogP contribution in [0.3, 0.4) is 0 Å². The molecule has 1 aliphatic carbocycles. The molecule has 1 aliphatic heterocycles. The molecule has 8 heteroatoms. The number of aliphatic hydroxyl groups is 2. The maximum Gasteiger partial charge on any atom is 0.416 e. The number of ether oxygens (including phenoxy) is 1. The lowest BCUT2D eigenvalue weighted by Gasteiger charge is -2.24. The largest absolute Gasteiger partial charge is 0.481 e. The monoisotopic (exact) mass is 472 g/mol. The van der Waals surface area contributed by atoms with Crippen molar-refractivity contribution >= 4 is 5.97 Å². The molecule has 2 aliphatic rings. The number of hydrogen-bond acceptors (Lipinski definition) is 4. The summed E-state index contributed by atoms with van der Waals surface area (Å²) in [7, 11) is 0. The van der Waals surface area contributed by atoms with Crippen molar-refractivity contribution in [2.24, 2.45) is 17.8 Å². The molecule has 6 atom stereocenters. The quantitative estimate of drug-likeness (QED) is 0.454. The van der Waals surface area contributed by atoms with Gasteiger partial charge >= 0.3 is 12.1 Å². The first-order valence-electron chi connectivity index (χ1n) is 12.0. The lowest BCUT2D eigenvalue weighted by Crippen LogP contribution is -2.24. The number of fused-ring (bicyclic) bond motifs is 1. The minimum absolute atomic E-state index is 0.00303. The van der Waals surface area contributed by atoms with E-state index in [1.54, 1.807) is 6.07 Å². The smallest absolute Gasteiger partial charge is 0.416 e. The van der Waals surface area contributed by atoms with Crippen molar-refractivity contribution < 1.29 is 38.0 Å². The molecule has 0 spiro atoms. The van der Waals surface area contributed by atoms with Crippen LogP contribution in [-0.2, 0) is 22.1 Å². The molecule has 3 rings (SSSR count). The number of halogens is 3. The fourth-order valence-electron chi connectivity index (χ4n) is 5.45. The molecule has 3 N–H and O–H groups in total. The van der Waals surface area contributed by atoms with Crippen LogP contribution < -0.4 is 0 Å². The standard InChI is InChI=1S/C25H35F3O5/c26-25(27,28)18-5-1-3-16(13-18)7-9-19(29)10-12-20-21-11-8-17(4-2-6-24(31)32)15-33-23(21)14-22(20)30/h1,3,5,13,17,19-23,29-30H,2,4,6-12,14-15H2,(H,31,32)/t17-,19-,20+,21+,22+,23-/m0/s1. The van der Waals surface area contributed by atoms with E-state index in [1.165, 1.54) is 6.07 Å². The molecular formula is C25H35F3O5. The van der Waals surface area contributed by atoms with Gasteiger partial charge in [0.2, 0.25) is 0 Å². The van der Waals surface area contributed by atoms with Gasteiger partial charge in [0, 0.05) is 19.4 Å². The number of aliphatic hydroxyl groups excluding tert-OH is 2. The first kappa shape index (κ1) is 26.0. The molecular weight excluding hydrogens is 437 g/mol. The molecule has 0 aromatic heterocycles. The predicted octanol–water partition coefficient (Wildman–Crippen LogP) is 4.83. The van der Waals surface area contributed by atoms with E-state index >= 15 is 0 Å². The fraction of sp³-hybridized carbons (Fsp3) is 0.720. The topological polar surface area (TPSA) is 87.0 Å². The van der Waals surface area contributed by atoms with Crippen molar-refractivity contribution in [2.45, 2.75) is 88.7 Å². The molecule has 0 amide bonds. The van der Waals surface area contributed by atoms with Gasteiger partial charge in [-0.1, -0.05) is 18.2 Å². The van der Waals surface area contributed by atoms with Gasteiger partial charge in [0.25, 0.3) is 0 Å². The Morgan fingerprint density at radius 1 is 1.18 bits per heavy atom. The molecule has 1 heterocycles. The molecule has 186 valence electrons. The van der Waals surface area contributed by atoms with E-state index in [-0.39, 0.29) is 24.4 Å². The average molecular weight is 473 g/mol. The van der Waals surface area contributed by atoms with Gasteiger partial charge in [0.15, 0.2) is 0 Å². The van der Waals surface area contributed by atoms with E-state index in [0.29, 0.717) is 56.6 Å². The molecule has 1 saturated heterocycles. The Balaban J connectivity index is 1.45. The molecule has 0 radical (unpaired) electrons. The van der Waals surface area contributed by atoms with Crippen LogP contribution in [0.1, 0.15) is 68.9 Å². The molecule has 0 unspecified atom stereocenters. The Hall–Kier alpha value is -1.64. The number of benzene rings is 1. The summed E-state index contributed by atoms with van der Waals surface area (Å²) in [6.07, 6.45) is 0.483. The zero-order valence-corrected chi connectivity index (χ0v) is 18.8. The molecule has 5 nitrogen and oxygen atoms in total. The Bertz CT molecular complexity index is 769. The van der Waals surface area contributed by atoms with E-state index in [1.807, 2.05) is 0 Å². The molecule has 33 heavy (non-hydrogen) atoms. The average Bonchev–Trinajstić information content (AvgIpc) is 2.91. The van der Waals surface area contributed by atoms with Gasteiger partial charge in [-0.3, -0.25) is 4.79 Å². The van der Waals surface area contributed by atoms with Crippen LogP contribution in [-0.4, -0.2) is 46.2 Å². The van der Waals surface area contributed by atoms with Crippen LogP contribution in [0.4, 0.5) is 13.2 Å². The molecule has 2 fully saturated rings. The van der Waals surface area contributed by atoms with Gasteiger partial charge in [-0.15, -0.1) is 0 Å². The van der Waals surface area contributed by atoms with E-state index in [2.05, 4.69) is 0 Å². The van der Waals surface area contributed by atoms with Crippen molar-refractivity contribution in [1.29, 1.82) is 0 Å². The summed E-state index contributed by atoms with van der Waals surface area (Å²) in [6, 6.07) is 5.21. The van der Waals surface area contributed by atoms with Crippen molar-refractivity contribution in [3.63, 3.8) is 0 Å². The number of carbonyl (C=O) groups is 1. The second-order valence-electron chi connectivity index (χ2n) is 9.70. The molecule has 1 aromatic rings. The fourth-order valence-corrected chi connectivity index (χ4v) is 5.45. The van der Waals surface area contributed by atoms with E-state index in [9.17, 15) is 28.2 Å². The summed E-state index contributed by atoms with van der Waals surface area (Å²) in [5, 5.41) is 29.8. The van der Waals surface area contributed by atoms with E-state index in [0.717, 1.165) is 31.4 Å². The number of aryl methyl sites for hydroxylation is 1. The maximum absolute atomic E-state index is 12.9. The third-order valence-corrected chi connectivity index (χ3v) is 7.31. The Kier molecular flexibility index (Phi) is 9.18. The number of alkyl halides is 3. The van der Waals surface area contributed by atoms with Gasteiger partial charge in [0.05, 0.1) is 23.9 Å². The second kappa shape index (κ2) is 11.7. The van der Waals surface area contributed by atoms with Crippen molar-refractivity contribution in [2.75, 3.05) is 6.61 Å². The van der Waals surface area contributed by atoms with Crippen LogP contribution in [0.25, 0.3) is 0 Å². The normalized spacial score (nSPS) is 28.8. The molecule has 1 saturated carbocycles. The first-order valence-corrected chi connectivity index (χ1v) is 12.0. The van der Waals surface area contributed by atoms with Crippen LogP contribution in [0.2, 0.25) is 0 Å². The highest BCUT2D eigenvalue weighted by Gasteiger charge is 2.44. The Morgan fingerprint density at radius 3 is 2.70 bits per heavy atom. The lowest BCUT2D eigenvalue weighted by molar-refractivity contribution is -0.138. The number of carboxylic acids is 1. The summed E-state index contributed by atoms with van der Waals surface area (Å²) in [4.78, 5) is 10.7. The summed E-state index contributed by atoms with van der Waals surface area (Å²) >= 11 is 0. The van der Waals surface area contributed by atoms with Crippen molar-refractivity contribution in [3.05, 3.63) is 35.4 Å². The first-order chi connectivity index (χ1) is 15.6. The van der Waals surface area contributed by atoms with Gasteiger partial charge in [-0.2, -0.15) is 13.2 Å². The third kappa shape index (κ3) is 7.69. The number of rotatable bonds is 10. The molecule has 1 aromatic carbocycles. The van der Waals surface area contributed by atoms with Crippen LogP contribution in [0.15, 0.2) is 24.3 Å². The number of hydrogen-bond donors (Lipinski definition) is 3. The van der Waals surface area contributed by atoms with Crippen molar-refractivity contribution in [3.8, 4) is 0 Å². The Morgan fingerprint density at radius 2 is 1.97 bits per heavy atom. The van der Waals surface area contributed by atoms with Crippen LogP contribution in [0, 0.1) is 17.8 Å². The summed E-state index contributed by atoms with van der Waals surface area (Å²) in [5.41, 5.74) is -0.125. The second-order valence-corrected chi connectivity index (χ2v) is 9.70. The maximum atomic E-state index is 12.9. The highest BCUT2D eigenvalue weighted by atomic mass is 19.4. The zero-order chi connectivity index (χ0) is 24.0. The van der Waals surface area contributed by atoms with Crippen LogP contribution >= 0.6 is 0 Å². The Labute approximate surface area is 193 Å². The number of carboxylic acid groups (broad SMARTS) is 1. The third-order valence-electron chi connectivity index (χ3n) is 7.31. The zero-order valence-electron chi connectivity index (χ0n) is 18.8. The minimum Gasteiger partial charge on any atom is -0.481 e. The number of aliphatic carboxylic acids is 1. The lowest BCUT2D eigenvalue weighted by atomic mass is 9.83. The SMILES string of the molecule is O=C(O)CCC[C@H]1CC[C@@H]2[C@@H](CC[C@@H](O)CCc3cccc(C(F)(F)F)c3)[C@H](O)C[C@@H]2OC1. The van der Waals surface area contributed by atoms with Gasteiger partial charge in [-0.25, -0.2) is 0 Å². The van der Waals surface area contributed by atoms with Gasteiger partial charge in [0.1, 0.15) is 0 Å². The van der Waals surface area contributed by atoms with Gasteiger partial charge < -0.3 is 20.1 Å². The highest BCUT2D eigenvalue weighted by Crippen LogP contribution is 2.43. The van der Waals surface area contributed by atoms with Crippen molar-refractivity contribution in [1.82, 2.24) is 0 Å². The van der Waals surface area contributed by atoms with Crippen LogP contribution in [0.5, 0.6) is 0 Å². The summed E-state index contributed by atoms with van der Waals surface area (Å²) in [5.74, 6) is -0.182. The summed E-state index contributed by atoms with van der Waals surface area (Å²) in [6.45, 7) is 0.597. The molecule has 0 bridgehead atoms. The van der Waals surface area contributed by atoms with E-state index < -0.39 is 29.9 Å².